The number of nitro benzene ring substituents is 1. The van der Waals surface area contributed by atoms with Gasteiger partial charge in [0.1, 0.15) is 5.60 Å². The minimum absolute atomic E-state index is 0.0430. The fraction of sp³-hybridized carbons (Fsp3) is 0.417. The van der Waals surface area contributed by atoms with Gasteiger partial charge in [0.15, 0.2) is 0 Å². The van der Waals surface area contributed by atoms with Crippen LogP contribution in [0.3, 0.4) is 0 Å². The number of carbonyl (C=O) groups is 1. The summed E-state index contributed by atoms with van der Waals surface area (Å²) in [5.74, 6) is -0.445. The SMILES string of the molecule is CC(C)(C)OC(=O)Cc1cc(Cl)cc([N+](=O)[O-])c1. The minimum Gasteiger partial charge on any atom is -0.460 e. The molecule has 0 saturated carbocycles. The van der Waals surface area contributed by atoms with E-state index in [1.165, 1.54) is 18.2 Å². The van der Waals surface area contributed by atoms with Gasteiger partial charge in [-0.15, -0.1) is 0 Å². The Labute approximate surface area is 110 Å². The lowest BCUT2D eigenvalue weighted by Gasteiger charge is -2.19. The molecule has 0 N–H and O–H groups in total. The number of esters is 1. The molecule has 0 aliphatic carbocycles. The second-order valence-corrected chi connectivity index (χ2v) is 5.27. The van der Waals surface area contributed by atoms with Gasteiger partial charge in [0.05, 0.1) is 11.3 Å². The molecule has 0 fully saturated rings. The largest absolute Gasteiger partial charge is 0.460 e. The normalized spacial score (nSPS) is 11.1. The van der Waals surface area contributed by atoms with E-state index in [4.69, 9.17) is 16.3 Å². The van der Waals surface area contributed by atoms with Crippen molar-refractivity contribution in [3.63, 3.8) is 0 Å². The molecule has 1 aromatic rings. The molecule has 0 bridgehead atoms. The summed E-state index contributed by atoms with van der Waals surface area (Å²) in [5.41, 5.74) is -0.258. The predicted molar refractivity (Wildman–Crippen MR) is 67.7 cm³/mol. The summed E-state index contributed by atoms with van der Waals surface area (Å²) in [6.45, 7) is 5.27. The second kappa shape index (κ2) is 5.35. The van der Waals surface area contributed by atoms with Crippen molar-refractivity contribution in [3.8, 4) is 0 Å². The Morgan fingerprint density at radius 1 is 1.39 bits per heavy atom. The molecular formula is C12H14ClNO4. The lowest BCUT2D eigenvalue weighted by molar-refractivity contribution is -0.384. The van der Waals surface area contributed by atoms with Gasteiger partial charge in [-0.25, -0.2) is 0 Å². The van der Waals surface area contributed by atoms with Crippen LogP contribution in [0.15, 0.2) is 18.2 Å². The zero-order valence-corrected chi connectivity index (χ0v) is 11.2. The third kappa shape index (κ3) is 4.71. The van der Waals surface area contributed by atoms with Crippen LogP contribution in [0.2, 0.25) is 5.02 Å². The van der Waals surface area contributed by atoms with Gasteiger partial charge in [-0.05, 0) is 32.4 Å². The molecule has 5 nitrogen and oxygen atoms in total. The van der Waals surface area contributed by atoms with Crippen LogP contribution in [0.5, 0.6) is 0 Å². The Kier molecular flexibility index (Phi) is 4.29. The summed E-state index contributed by atoms with van der Waals surface area (Å²) >= 11 is 5.75. The van der Waals surface area contributed by atoms with Gasteiger partial charge in [-0.2, -0.15) is 0 Å². The molecule has 0 saturated heterocycles. The van der Waals surface area contributed by atoms with Gasteiger partial charge >= 0.3 is 5.97 Å². The van der Waals surface area contributed by atoms with Crippen LogP contribution < -0.4 is 0 Å². The van der Waals surface area contributed by atoms with Crippen molar-refractivity contribution in [3.05, 3.63) is 38.9 Å². The first-order chi connectivity index (χ1) is 8.17. The minimum atomic E-state index is -0.582. The highest BCUT2D eigenvalue weighted by molar-refractivity contribution is 6.30. The molecule has 0 aromatic heterocycles. The Hall–Kier alpha value is -1.62. The zero-order valence-electron chi connectivity index (χ0n) is 10.4. The van der Waals surface area contributed by atoms with E-state index in [9.17, 15) is 14.9 Å². The van der Waals surface area contributed by atoms with Crippen LogP contribution in [0, 0.1) is 10.1 Å². The standard InChI is InChI=1S/C12H14ClNO4/c1-12(2,3)18-11(15)6-8-4-9(13)7-10(5-8)14(16)17/h4-5,7H,6H2,1-3H3. The number of rotatable bonds is 3. The van der Waals surface area contributed by atoms with Gasteiger partial charge in [0, 0.05) is 17.2 Å². The van der Waals surface area contributed by atoms with E-state index < -0.39 is 16.5 Å². The average Bonchev–Trinajstić information content (AvgIpc) is 2.12. The highest BCUT2D eigenvalue weighted by atomic mass is 35.5. The van der Waals surface area contributed by atoms with Crippen molar-refractivity contribution in [2.45, 2.75) is 32.8 Å². The molecule has 0 amide bonds. The number of benzene rings is 1. The number of nitrogens with zero attached hydrogens (tertiary/aromatic N) is 1. The monoisotopic (exact) mass is 271 g/mol. The first-order valence-electron chi connectivity index (χ1n) is 5.33. The molecule has 0 heterocycles. The number of nitro groups is 1. The Morgan fingerprint density at radius 3 is 2.50 bits per heavy atom. The number of ether oxygens (including phenoxy) is 1. The third-order valence-electron chi connectivity index (χ3n) is 1.92. The maximum Gasteiger partial charge on any atom is 0.310 e. The Morgan fingerprint density at radius 2 is 2.00 bits per heavy atom. The van der Waals surface area contributed by atoms with E-state index >= 15 is 0 Å². The Bertz CT molecular complexity index is 479. The predicted octanol–water partition coefficient (Wildman–Crippen LogP) is 3.13. The molecule has 0 atom stereocenters. The zero-order chi connectivity index (χ0) is 13.9. The Balaban J connectivity index is 2.85. The molecule has 98 valence electrons. The van der Waals surface area contributed by atoms with E-state index in [2.05, 4.69) is 0 Å². The molecule has 1 rings (SSSR count). The molecule has 0 spiro atoms. The molecule has 6 heteroatoms. The number of hydrogen-bond donors (Lipinski definition) is 0. The third-order valence-corrected chi connectivity index (χ3v) is 2.14. The smallest absolute Gasteiger partial charge is 0.310 e. The first kappa shape index (κ1) is 14.4. The maximum absolute atomic E-state index is 11.6. The van der Waals surface area contributed by atoms with Gasteiger partial charge < -0.3 is 4.74 Å². The molecular weight excluding hydrogens is 258 g/mol. The summed E-state index contributed by atoms with van der Waals surface area (Å²) in [6.07, 6.45) is -0.0430. The first-order valence-corrected chi connectivity index (χ1v) is 5.71. The van der Waals surface area contributed by atoms with Crippen LogP contribution in [0.1, 0.15) is 26.3 Å². The second-order valence-electron chi connectivity index (χ2n) is 4.84. The van der Waals surface area contributed by atoms with Crippen molar-refractivity contribution in [1.29, 1.82) is 0 Å². The van der Waals surface area contributed by atoms with Crippen LogP contribution in [0.25, 0.3) is 0 Å². The lowest BCUT2D eigenvalue weighted by Crippen LogP contribution is -2.24. The van der Waals surface area contributed by atoms with Gasteiger partial charge in [0.25, 0.3) is 5.69 Å². The van der Waals surface area contributed by atoms with E-state index in [1.54, 1.807) is 20.8 Å². The van der Waals surface area contributed by atoms with E-state index in [0.717, 1.165) is 0 Å². The molecule has 18 heavy (non-hydrogen) atoms. The van der Waals surface area contributed by atoms with Gasteiger partial charge in [-0.3, -0.25) is 14.9 Å². The quantitative estimate of drug-likeness (QED) is 0.481. The summed E-state index contributed by atoms with van der Waals surface area (Å²) in [6, 6.07) is 4.06. The van der Waals surface area contributed by atoms with Crippen LogP contribution >= 0.6 is 11.6 Å². The molecule has 0 aliphatic heterocycles. The highest BCUT2D eigenvalue weighted by Crippen LogP contribution is 2.21. The van der Waals surface area contributed by atoms with Gasteiger partial charge in [0.2, 0.25) is 0 Å². The summed E-state index contributed by atoms with van der Waals surface area (Å²) in [7, 11) is 0. The van der Waals surface area contributed by atoms with Crippen molar-refractivity contribution < 1.29 is 14.5 Å². The number of halogens is 1. The van der Waals surface area contributed by atoms with Crippen LogP contribution in [-0.4, -0.2) is 16.5 Å². The van der Waals surface area contributed by atoms with E-state index in [-0.39, 0.29) is 17.1 Å². The van der Waals surface area contributed by atoms with E-state index in [0.29, 0.717) is 5.56 Å². The summed E-state index contributed by atoms with van der Waals surface area (Å²) < 4.78 is 5.13. The van der Waals surface area contributed by atoms with Crippen molar-refractivity contribution >= 4 is 23.3 Å². The van der Waals surface area contributed by atoms with Crippen LogP contribution in [0.4, 0.5) is 5.69 Å². The maximum atomic E-state index is 11.6. The molecule has 1 aromatic carbocycles. The average molecular weight is 272 g/mol. The lowest BCUT2D eigenvalue weighted by atomic mass is 10.1. The molecule has 0 aliphatic rings. The number of carbonyl (C=O) groups excluding carboxylic acids is 1. The topological polar surface area (TPSA) is 69.4 Å². The van der Waals surface area contributed by atoms with Crippen molar-refractivity contribution in [2.75, 3.05) is 0 Å². The van der Waals surface area contributed by atoms with Gasteiger partial charge in [-0.1, -0.05) is 11.6 Å². The van der Waals surface area contributed by atoms with Crippen LogP contribution in [-0.2, 0) is 16.0 Å². The fourth-order valence-corrected chi connectivity index (χ4v) is 1.64. The number of non-ortho nitro benzene ring substituents is 1. The van der Waals surface area contributed by atoms with E-state index in [1.807, 2.05) is 0 Å². The van der Waals surface area contributed by atoms with Crippen molar-refractivity contribution in [1.82, 2.24) is 0 Å². The molecule has 0 unspecified atom stereocenters. The highest BCUT2D eigenvalue weighted by Gasteiger charge is 2.18. The summed E-state index contributed by atoms with van der Waals surface area (Å²) in [5, 5.41) is 10.9. The number of hydrogen-bond acceptors (Lipinski definition) is 4. The summed E-state index contributed by atoms with van der Waals surface area (Å²) in [4.78, 5) is 21.7. The molecule has 0 radical (unpaired) electrons. The fourth-order valence-electron chi connectivity index (χ4n) is 1.39. The van der Waals surface area contributed by atoms with Crippen molar-refractivity contribution in [2.24, 2.45) is 0 Å².